The highest BCUT2D eigenvalue weighted by Crippen LogP contribution is 2.14. The lowest BCUT2D eigenvalue weighted by Gasteiger charge is -2.03. The highest BCUT2D eigenvalue weighted by Gasteiger charge is 2.28. The Hall–Kier alpha value is -0.740. The number of oxime groups is 1. The van der Waals surface area contributed by atoms with Crippen LogP contribution in [0.5, 0.6) is 0 Å². The molecule has 0 heterocycles. The Morgan fingerprint density at radius 3 is 2.36 bits per heavy atom. The normalized spacial score (nSPS) is 12.9. The van der Waals surface area contributed by atoms with E-state index in [1.807, 2.05) is 0 Å². The molecule has 0 aromatic rings. The van der Waals surface area contributed by atoms with Crippen molar-refractivity contribution in [3.63, 3.8) is 0 Å². The predicted molar refractivity (Wildman–Crippen MR) is 35.3 cm³/mol. The van der Waals surface area contributed by atoms with Gasteiger partial charge in [0.05, 0.1) is 0 Å². The molecule has 0 radical (unpaired) electrons. The summed E-state index contributed by atoms with van der Waals surface area (Å²) < 4.78 is 34.1. The van der Waals surface area contributed by atoms with Gasteiger partial charge in [0.2, 0.25) is 6.61 Å². The molecule has 0 atom stereocenters. The molecule has 0 bridgehead atoms. The highest BCUT2D eigenvalue weighted by molar-refractivity contribution is 5.58. The third kappa shape index (κ3) is 9.26. The first-order valence-electron chi connectivity index (χ1n) is 3.14. The Bertz CT molecular complexity index is 130. The molecule has 0 spiro atoms. The Balaban J connectivity index is 3.42. The van der Waals surface area contributed by atoms with Gasteiger partial charge in [-0.1, -0.05) is 19.0 Å². The molecule has 11 heavy (non-hydrogen) atoms. The highest BCUT2D eigenvalue weighted by atomic mass is 19.4. The second-order valence-electron chi connectivity index (χ2n) is 2.39. The van der Waals surface area contributed by atoms with Crippen molar-refractivity contribution < 1.29 is 18.0 Å². The summed E-state index contributed by atoms with van der Waals surface area (Å²) in [6.07, 6.45) is -2.99. The van der Waals surface area contributed by atoms with E-state index < -0.39 is 12.8 Å². The number of hydrogen-bond donors (Lipinski definition) is 0. The Labute approximate surface area is 63.0 Å². The molecule has 0 saturated carbocycles. The second-order valence-corrected chi connectivity index (χ2v) is 2.39. The van der Waals surface area contributed by atoms with Crippen molar-refractivity contribution in [1.82, 2.24) is 0 Å². The molecule has 0 aliphatic rings. The standard InChI is InChI=1S/C6H10F3NO/c1-5(2)3-10-11-4-6(7,8)9/h3,5H,4H2,1-2H3/b10-3-. The summed E-state index contributed by atoms with van der Waals surface area (Å²) >= 11 is 0. The van der Waals surface area contributed by atoms with E-state index in [4.69, 9.17) is 0 Å². The summed E-state index contributed by atoms with van der Waals surface area (Å²) in [4.78, 5) is 3.95. The van der Waals surface area contributed by atoms with E-state index in [0.717, 1.165) is 0 Å². The van der Waals surface area contributed by atoms with Gasteiger partial charge in [-0.3, -0.25) is 0 Å². The fourth-order valence-electron chi connectivity index (χ4n) is 0.275. The third-order valence-electron chi connectivity index (χ3n) is 0.662. The monoisotopic (exact) mass is 169 g/mol. The molecule has 0 aromatic carbocycles. The topological polar surface area (TPSA) is 21.6 Å². The predicted octanol–water partition coefficient (Wildman–Crippen LogP) is 2.21. The lowest BCUT2D eigenvalue weighted by molar-refractivity contribution is -0.173. The van der Waals surface area contributed by atoms with Crippen LogP contribution in [0.25, 0.3) is 0 Å². The summed E-state index contributed by atoms with van der Waals surface area (Å²) in [6, 6.07) is 0. The number of nitrogens with zero attached hydrogens (tertiary/aromatic N) is 1. The molecule has 0 saturated heterocycles. The molecule has 0 fully saturated rings. The van der Waals surface area contributed by atoms with Crippen molar-refractivity contribution >= 4 is 6.21 Å². The molecule has 0 amide bonds. The van der Waals surface area contributed by atoms with Gasteiger partial charge >= 0.3 is 6.18 Å². The summed E-state index contributed by atoms with van der Waals surface area (Å²) in [5.74, 6) is 0.100. The van der Waals surface area contributed by atoms with Gasteiger partial charge in [0.1, 0.15) is 0 Å². The van der Waals surface area contributed by atoms with Gasteiger partial charge in [-0.15, -0.1) is 0 Å². The third-order valence-corrected chi connectivity index (χ3v) is 0.662. The van der Waals surface area contributed by atoms with Crippen molar-refractivity contribution in [1.29, 1.82) is 0 Å². The van der Waals surface area contributed by atoms with Crippen LogP contribution in [0.2, 0.25) is 0 Å². The van der Waals surface area contributed by atoms with Gasteiger partial charge in [0.25, 0.3) is 0 Å². The maximum atomic E-state index is 11.4. The van der Waals surface area contributed by atoms with Crippen molar-refractivity contribution in [3.05, 3.63) is 0 Å². The minimum atomic E-state index is -4.30. The molecular formula is C6H10F3NO. The van der Waals surface area contributed by atoms with E-state index in [1.165, 1.54) is 6.21 Å². The minimum Gasteiger partial charge on any atom is -0.386 e. The molecule has 2 nitrogen and oxygen atoms in total. The van der Waals surface area contributed by atoms with Crippen LogP contribution in [0.4, 0.5) is 13.2 Å². The number of rotatable bonds is 3. The van der Waals surface area contributed by atoms with E-state index in [-0.39, 0.29) is 5.92 Å². The number of halogens is 3. The van der Waals surface area contributed by atoms with Crippen LogP contribution in [0.1, 0.15) is 13.8 Å². The van der Waals surface area contributed by atoms with Crippen LogP contribution in [-0.2, 0) is 4.84 Å². The van der Waals surface area contributed by atoms with Gasteiger partial charge in [-0.05, 0) is 5.92 Å². The van der Waals surface area contributed by atoms with Crippen LogP contribution in [0.3, 0.4) is 0 Å². The van der Waals surface area contributed by atoms with Crippen molar-refractivity contribution in [2.75, 3.05) is 6.61 Å². The average Bonchev–Trinajstić information content (AvgIpc) is 1.78. The lowest BCUT2D eigenvalue weighted by atomic mass is 10.3. The van der Waals surface area contributed by atoms with E-state index in [2.05, 4.69) is 9.99 Å². The smallest absolute Gasteiger partial charge is 0.386 e. The quantitative estimate of drug-likeness (QED) is 0.468. The molecule has 0 aliphatic heterocycles. The first-order chi connectivity index (χ1) is 4.92. The van der Waals surface area contributed by atoms with E-state index in [1.54, 1.807) is 13.8 Å². The largest absolute Gasteiger partial charge is 0.425 e. The SMILES string of the molecule is CC(C)/C=N\OCC(F)(F)F. The van der Waals surface area contributed by atoms with Crippen LogP contribution in [0, 0.1) is 5.92 Å². The molecule has 0 aliphatic carbocycles. The minimum absolute atomic E-state index is 0.100. The number of alkyl halides is 3. The van der Waals surface area contributed by atoms with Crippen LogP contribution >= 0.6 is 0 Å². The van der Waals surface area contributed by atoms with Crippen LogP contribution < -0.4 is 0 Å². The molecule has 0 N–H and O–H groups in total. The molecule has 0 rings (SSSR count). The summed E-state index contributed by atoms with van der Waals surface area (Å²) in [5, 5.41) is 3.11. The fraction of sp³-hybridized carbons (Fsp3) is 0.833. The Kier molecular flexibility index (Phi) is 3.92. The van der Waals surface area contributed by atoms with Crippen molar-refractivity contribution in [3.8, 4) is 0 Å². The van der Waals surface area contributed by atoms with Gasteiger partial charge in [-0.2, -0.15) is 13.2 Å². The first kappa shape index (κ1) is 10.3. The maximum Gasteiger partial charge on any atom is 0.425 e. The first-order valence-corrected chi connectivity index (χ1v) is 3.14. The Morgan fingerprint density at radius 1 is 1.45 bits per heavy atom. The Morgan fingerprint density at radius 2 is 2.00 bits per heavy atom. The van der Waals surface area contributed by atoms with Crippen LogP contribution in [-0.4, -0.2) is 19.0 Å². The van der Waals surface area contributed by atoms with Crippen LogP contribution in [0.15, 0.2) is 5.16 Å². The van der Waals surface area contributed by atoms with Gasteiger partial charge in [0.15, 0.2) is 0 Å². The molecule has 0 unspecified atom stereocenters. The van der Waals surface area contributed by atoms with Gasteiger partial charge in [0, 0.05) is 6.21 Å². The van der Waals surface area contributed by atoms with E-state index >= 15 is 0 Å². The molecular weight excluding hydrogens is 159 g/mol. The van der Waals surface area contributed by atoms with E-state index in [0.29, 0.717) is 0 Å². The summed E-state index contributed by atoms with van der Waals surface area (Å²) in [6.45, 7) is 2.26. The van der Waals surface area contributed by atoms with E-state index in [9.17, 15) is 13.2 Å². The molecule has 5 heteroatoms. The zero-order chi connectivity index (χ0) is 8.91. The maximum absolute atomic E-state index is 11.4. The molecule has 66 valence electrons. The average molecular weight is 169 g/mol. The lowest BCUT2D eigenvalue weighted by Crippen LogP contribution is -2.15. The molecule has 0 aromatic heterocycles. The summed E-state index contributed by atoms with van der Waals surface area (Å²) in [7, 11) is 0. The zero-order valence-corrected chi connectivity index (χ0v) is 6.35. The summed E-state index contributed by atoms with van der Waals surface area (Å²) in [5.41, 5.74) is 0. The van der Waals surface area contributed by atoms with Crippen molar-refractivity contribution in [2.24, 2.45) is 11.1 Å². The van der Waals surface area contributed by atoms with Gasteiger partial charge in [-0.25, -0.2) is 0 Å². The number of hydrogen-bond acceptors (Lipinski definition) is 2. The zero-order valence-electron chi connectivity index (χ0n) is 6.35. The van der Waals surface area contributed by atoms with Gasteiger partial charge < -0.3 is 4.84 Å². The fourth-order valence-corrected chi connectivity index (χ4v) is 0.275. The van der Waals surface area contributed by atoms with Crippen molar-refractivity contribution in [2.45, 2.75) is 20.0 Å². The second kappa shape index (κ2) is 4.20.